The second-order valence-corrected chi connectivity index (χ2v) is 6.19. The summed E-state index contributed by atoms with van der Waals surface area (Å²) in [4.78, 5) is 13.9. The van der Waals surface area contributed by atoms with Crippen LogP contribution in [0.5, 0.6) is 0 Å². The van der Waals surface area contributed by atoms with Crippen molar-refractivity contribution in [2.45, 2.75) is 46.0 Å². The van der Waals surface area contributed by atoms with Crippen molar-refractivity contribution in [3.05, 3.63) is 16.8 Å². The molecule has 1 aliphatic carbocycles. The van der Waals surface area contributed by atoms with Crippen molar-refractivity contribution in [3.8, 4) is 0 Å². The average Bonchev–Trinajstić information content (AvgIpc) is 3.06. The number of aromatic nitrogens is 2. The lowest BCUT2D eigenvalue weighted by molar-refractivity contribution is 0.0695. The molecule has 0 amide bonds. The van der Waals surface area contributed by atoms with Crippen molar-refractivity contribution in [1.82, 2.24) is 10.2 Å². The van der Waals surface area contributed by atoms with Crippen LogP contribution in [-0.4, -0.2) is 34.4 Å². The van der Waals surface area contributed by atoms with E-state index >= 15 is 0 Å². The third-order valence-corrected chi connectivity index (χ3v) is 5.07. The number of anilines is 1. The molecule has 2 unspecified atom stereocenters. The number of rotatable bonds is 4. The van der Waals surface area contributed by atoms with Gasteiger partial charge in [0.25, 0.3) is 0 Å². The van der Waals surface area contributed by atoms with Crippen molar-refractivity contribution in [2.24, 2.45) is 11.8 Å². The molecule has 5 heteroatoms. The molecular formula is C16H23N3O2. The Morgan fingerprint density at radius 1 is 1.19 bits per heavy atom. The summed E-state index contributed by atoms with van der Waals surface area (Å²) in [5.74, 6) is 1.14. The van der Waals surface area contributed by atoms with Gasteiger partial charge in [0.1, 0.15) is 5.56 Å². The summed E-state index contributed by atoms with van der Waals surface area (Å²) < 4.78 is 0. The molecule has 21 heavy (non-hydrogen) atoms. The summed E-state index contributed by atoms with van der Waals surface area (Å²) in [6.07, 6.45) is 5.26. The molecule has 1 aromatic rings. The lowest BCUT2D eigenvalue weighted by atomic mass is 10.0. The molecule has 2 fully saturated rings. The molecule has 114 valence electrons. The standard InChI is InChI=1S/C16H23N3O2/c1-3-12-13(4-2)17-18-15(14(12)16(20)21)19-8-10-6-5-7-11(10)9-19/h10-11H,3-9H2,1-2H3,(H,20,21). The molecule has 5 nitrogen and oxygen atoms in total. The van der Waals surface area contributed by atoms with Gasteiger partial charge in [-0.15, -0.1) is 5.10 Å². The molecular weight excluding hydrogens is 266 g/mol. The molecule has 1 saturated heterocycles. The van der Waals surface area contributed by atoms with Crippen LogP contribution in [-0.2, 0) is 12.8 Å². The summed E-state index contributed by atoms with van der Waals surface area (Å²) in [6.45, 7) is 5.86. The Balaban J connectivity index is 2.00. The Hall–Kier alpha value is -1.65. The number of nitrogens with zero attached hydrogens (tertiary/aromatic N) is 3. The van der Waals surface area contributed by atoms with E-state index in [1.54, 1.807) is 0 Å². The van der Waals surface area contributed by atoms with Crippen molar-refractivity contribution in [3.63, 3.8) is 0 Å². The SMILES string of the molecule is CCc1nnc(N2CC3CCCC3C2)c(C(=O)O)c1CC. The van der Waals surface area contributed by atoms with E-state index in [1.165, 1.54) is 19.3 Å². The van der Waals surface area contributed by atoms with Gasteiger partial charge >= 0.3 is 5.97 Å². The van der Waals surface area contributed by atoms with Crippen LogP contribution in [0.4, 0.5) is 5.82 Å². The van der Waals surface area contributed by atoms with Crippen molar-refractivity contribution in [2.75, 3.05) is 18.0 Å². The first-order valence-corrected chi connectivity index (χ1v) is 8.02. The molecule has 0 bridgehead atoms. The van der Waals surface area contributed by atoms with Crippen LogP contribution < -0.4 is 4.90 Å². The molecule has 1 aromatic heterocycles. The highest BCUT2D eigenvalue weighted by Gasteiger charge is 2.38. The number of aromatic carboxylic acids is 1. The first kappa shape index (κ1) is 14.3. The van der Waals surface area contributed by atoms with Gasteiger partial charge in [-0.1, -0.05) is 20.3 Å². The monoisotopic (exact) mass is 289 g/mol. The van der Waals surface area contributed by atoms with E-state index in [0.717, 1.165) is 30.8 Å². The molecule has 1 saturated carbocycles. The van der Waals surface area contributed by atoms with Gasteiger partial charge < -0.3 is 10.0 Å². The van der Waals surface area contributed by atoms with Crippen LogP contribution >= 0.6 is 0 Å². The van der Waals surface area contributed by atoms with Gasteiger partial charge in [-0.05, 0) is 43.1 Å². The van der Waals surface area contributed by atoms with Gasteiger partial charge in [-0.25, -0.2) is 4.79 Å². The molecule has 0 radical (unpaired) electrons. The predicted octanol–water partition coefficient (Wildman–Crippen LogP) is 2.54. The van der Waals surface area contributed by atoms with Crippen molar-refractivity contribution in [1.29, 1.82) is 0 Å². The zero-order valence-electron chi connectivity index (χ0n) is 12.8. The topological polar surface area (TPSA) is 66.3 Å². The van der Waals surface area contributed by atoms with Gasteiger partial charge in [-0.3, -0.25) is 0 Å². The summed E-state index contributed by atoms with van der Waals surface area (Å²) in [7, 11) is 0. The average molecular weight is 289 g/mol. The quantitative estimate of drug-likeness (QED) is 0.922. The van der Waals surface area contributed by atoms with E-state index in [0.29, 0.717) is 29.6 Å². The van der Waals surface area contributed by atoms with E-state index < -0.39 is 5.97 Å². The molecule has 3 rings (SSSR count). The number of aryl methyl sites for hydroxylation is 1. The fraction of sp³-hybridized carbons (Fsp3) is 0.688. The van der Waals surface area contributed by atoms with Crippen LogP contribution in [0.3, 0.4) is 0 Å². The van der Waals surface area contributed by atoms with E-state index in [1.807, 2.05) is 13.8 Å². The summed E-state index contributed by atoms with van der Waals surface area (Å²) >= 11 is 0. The second kappa shape index (κ2) is 5.62. The summed E-state index contributed by atoms with van der Waals surface area (Å²) in [5.41, 5.74) is 2.05. The molecule has 1 N–H and O–H groups in total. The lowest BCUT2D eigenvalue weighted by Crippen LogP contribution is -2.26. The first-order valence-electron chi connectivity index (χ1n) is 8.02. The maximum Gasteiger partial charge on any atom is 0.339 e. The third kappa shape index (κ3) is 2.39. The van der Waals surface area contributed by atoms with E-state index in [9.17, 15) is 9.90 Å². The molecule has 1 aliphatic heterocycles. The van der Waals surface area contributed by atoms with Gasteiger partial charge in [-0.2, -0.15) is 5.10 Å². The van der Waals surface area contributed by atoms with Crippen LogP contribution in [0, 0.1) is 11.8 Å². The number of fused-ring (bicyclic) bond motifs is 1. The maximum atomic E-state index is 11.8. The van der Waals surface area contributed by atoms with Crippen molar-refractivity contribution < 1.29 is 9.90 Å². The lowest BCUT2D eigenvalue weighted by Gasteiger charge is -2.22. The smallest absolute Gasteiger partial charge is 0.339 e. The molecule has 2 heterocycles. The Morgan fingerprint density at radius 3 is 2.38 bits per heavy atom. The number of carboxylic acids is 1. The Morgan fingerprint density at radius 2 is 1.86 bits per heavy atom. The first-order chi connectivity index (χ1) is 10.2. The maximum absolute atomic E-state index is 11.8. The van der Waals surface area contributed by atoms with E-state index in [2.05, 4.69) is 15.1 Å². The Labute approximate surface area is 125 Å². The Kier molecular flexibility index (Phi) is 3.83. The van der Waals surface area contributed by atoms with E-state index in [-0.39, 0.29) is 0 Å². The van der Waals surface area contributed by atoms with Crippen LogP contribution in [0.1, 0.15) is 54.7 Å². The van der Waals surface area contributed by atoms with Gasteiger partial charge in [0.05, 0.1) is 5.69 Å². The van der Waals surface area contributed by atoms with Crippen LogP contribution in [0.15, 0.2) is 0 Å². The minimum atomic E-state index is -0.872. The highest BCUT2D eigenvalue weighted by Crippen LogP contribution is 2.40. The number of hydrogen-bond donors (Lipinski definition) is 1. The van der Waals surface area contributed by atoms with Crippen LogP contribution in [0.2, 0.25) is 0 Å². The summed E-state index contributed by atoms with van der Waals surface area (Å²) in [5, 5.41) is 18.2. The second-order valence-electron chi connectivity index (χ2n) is 6.19. The minimum Gasteiger partial charge on any atom is -0.478 e. The third-order valence-electron chi connectivity index (χ3n) is 5.07. The molecule has 0 spiro atoms. The summed E-state index contributed by atoms with van der Waals surface area (Å²) in [6, 6.07) is 0. The number of carbonyl (C=O) groups is 1. The minimum absolute atomic E-state index is 0.379. The van der Waals surface area contributed by atoms with Gasteiger partial charge in [0, 0.05) is 13.1 Å². The normalized spacial score (nSPS) is 24.4. The molecule has 0 aromatic carbocycles. The zero-order valence-corrected chi connectivity index (χ0v) is 12.8. The fourth-order valence-electron chi connectivity index (χ4n) is 4.02. The fourth-order valence-corrected chi connectivity index (χ4v) is 4.02. The number of carboxylic acid groups (broad SMARTS) is 1. The van der Waals surface area contributed by atoms with Crippen molar-refractivity contribution >= 4 is 11.8 Å². The highest BCUT2D eigenvalue weighted by atomic mass is 16.4. The largest absolute Gasteiger partial charge is 0.478 e. The van der Waals surface area contributed by atoms with Gasteiger partial charge in [0.15, 0.2) is 5.82 Å². The predicted molar refractivity (Wildman–Crippen MR) is 80.8 cm³/mol. The highest BCUT2D eigenvalue weighted by molar-refractivity contribution is 5.95. The van der Waals surface area contributed by atoms with E-state index in [4.69, 9.17) is 0 Å². The molecule has 2 atom stereocenters. The zero-order chi connectivity index (χ0) is 15.0. The Bertz CT molecular complexity index is 547. The molecule has 2 aliphatic rings. The van der Waals surface area contributed by atoms with Crippen LogP contribution in [0.25, 0.3) is 0 Å². The number of hydrogen-bond acceptors (Lipinski definition) is 4. The van der Waals surface area contributed by atoms with Gasteiger partial charge in [0.2, 0.25) is 0 Å².